The summed E-state index contributed by atoms with van der Waals surface area (Å²) in [6.07, 6.45) is 1.86. The third-order valence-corrected chi connectivity index (χ3v) is 6.44. The number of carbonyl (C=O) groups excluding carboxylic acids is 1. The molecule has 1 N–H and O–H groups in total. The first-order chi connectivity index (χ1) is 11.3. The monoisotopic (exact) mass is 373 g/mol. The van der Waals surface area contributed by atoms with Crippen molar-refractivity contribution in [2.75, 3.05) is 0 Å². The molecule has 4 nitrogen and oxygen atoms in total. The van der Waals surface area contributed by atoms with E-state index in [-0.39, 0.29) is 5.91 Å². The topological polar surface area (TPSA) is 57.8 Å². The molecule has 1 amide bonds. The SMILES string of the molecule is Cc1sc(-n2c(C)cc(C=C3SC(=S)NC3=O)c2C)c(C#N)c1C. The molecule has 0 aliphatic carbocycles. The lowest BCUT2D eigenvalue weighted by atomic mass is 10.2. The Labute approximate surface area is 154 Å². The Bertz CT molecular complexity index is 957. The number of aromatic nitrogens is 1. The second-order valence-corrected chi connectivity index (χ2v) is 8.51. The number of amides is 1. The molecule has 0 radical (unpaired) electrons. The van der Waals surface area contributed by atoms with Crippen LogP contribution in [0.25, 0.3) is 11.1 Å². The normalized spacial score (nSPS) is 15.9. The van der Waals surface area contributed by atoms with Gasteiger partial charge in [0, 0.05) is 16.3 Å². The minimum atomic E-state index is -0.157. The summed E-state index contributed by atoms with van der Waals surface area (Å²) in [5, 5.41) is 13.1. The molecule has 1 aliphatic rings. The Morgan fingerprint density at radius 2 is 2.04 bits per heavy atom. The largest absolute Gasteiger partial charge is 0.308 e. The zero-order chi connectivity index (χ0) is 17.6. The number of rotatable bonds is 2. The van der Waals surface area contributed by atoms with Crippen molar-refractivity contribution >= 4 is 51.6 Å². The molecule has 1 saturated heterocycles. The standard InChI is InChI=1S/C17H15N3OS3/c1-8-5-12(6-14-15(21)19-17(22)24-14)10(3)20(8)16-13(7-18)9(2)11(4)23-16/h5-6H,1-4H3,(H,19,21,22). The highest BCUT2D eigenvalue weighted by molar-refractivity contribution is 8.26. The van der Waals surface area contributed by atoms with Gasteiger partial charge in [0.2, 0.25) is 0 Å². The van der Waals surface area contributed by atoms with Crippen LogP contribution < -0.4 is 5.32 Å². The molecule has 3 rings (SSSR count). The Balaban J connectivity index is 2.14. The quantitative estimate of drug-likeness (QED) is 0.635. The van der Waals surface area contributed by atoms with E-state index >= 15 is 0 Å². The highest BCUT2D eigenvalue weighted by atomic mass is 32.2. The summed E-state index contributed by atoms with van der Waals surface area (Å²) in [6.45, 7) is 8.01. The summed E-state index contributed by atoms with van der Waals surface area (Å²) in [5.74, 6) is -0.157. The van der Waals surface area contributed by atoms with Gasteiger partial charge in [-0.05, 0) is 51.0 Å². The lowest BCUT2D eigenvalue weighted by Crippen LogP contribution is -2.17. The van der Waals surface area contributed by atoms with Crippen LogP contribution in [0.5, 0.6) is 0 Å². The van der Waals surface area contributed by atoms with Gasteiger partial charge in [0.25, 0.3) is 5.91 Å². The molecule has 0 aromatic carbocycles. The number of hydrogen-bond acceptors (Lipinski definition) is 5. The number of carbonyl (C=O) groups is 1. The van der Waals surface area contributed by atoms with E-state index < -0.39 is 0 Å². The zero-order valence-electron chi connectivity index (χ0n) is 13.7. The first-order valence-electron chi connectivity index (χ1n) is 7.27. The van der Waals surface area contributed by atoms with Crippen LogP contribution in [-0.2, 0) is 4.79 Å². The van der Waals surface area contributed by atoms with Crippen LogP contribution in [0.1, 0.15) is 33.0 Å². The molecule has 0 atom stereocenters. The number of nitriles is 1. The maximum absolute atomic E-state index is 11.9. The van der Waals surface area contributed by atoms with Gasteiger partial charge in [0.05, 0.1) is 10.5 Å². The van der Waals surface area contributed by atoms with E-state index in [1.165, 1.54) is 11.8 Å². The molecule has 2 aromatic rings. The zero-order valence-corrected chi connectivity index (χ0v) is 16.1. The van der Waals surface area contributed by atoms with Crippen molar-refractivity contribution in [1.82, 2.24) is 9.88 Å². The maximum atomic E-state index is 11.9. The summed E-state index contributed by atoms with van der Waals surface area (Å²) in [7, 11) is 0. The fourth-order valence-electron chi connectivity index (χ4n) is 2.71. The molecule has 0 bridgehead atoms. The van der Waals surface area contributed by atoms with Gasteiger partial charge in [-0.15, -0.1) is 11.3 Å². The van der Waals surface area contributed by atoms with E-state index in [1.807, 2.05) is 39.8 Å². The first-order valence-corrected chi connectivity index (χ1v) is 9.32. The van der Waals surface area contributed by atoms with Crippen molar-refractivity contribution in [3.63, 3.8) is 0 Å². The third-order valence-electron chi connectivity index (χ3n) is 4.08. The first kappa shape index (κ1) is 17.0. The molecule has 0 saturated carbocycles. The van der Waals surface area contributed by atoms with E-state index in [2.05, 4.69) is 16.0 Å². The van der Waals surface area contributed by atoms with Crippen molar-refractivity contribution in [1.29, 1.82) is 5.26 Å². The van der Waals surface area contributed by atoms with Crippen molar-refractivity contribution < 1.29 is 4.79 Å². The van der Waals surface area contributed by atoms with Crippen LogP contribution in [0.4, 0.5) is 0 Å². The molecule has 7 heteroatoms. The highest BCUT2D eigenvalue weighted by Crippen LogP contribution is 2.35. The van der Waals surface area contributed by atoms with Crippen LogP contribution in [0, 0.1) is 39.0 Å². The number of thiocarbonyl (C=S) groups is 1. The lowest BCUT2D eigenvalue weighted by Gasteiger charge is -2.07. The second-order valence-electron chi connectivity index (χ2n) is 5.59. The molecule has 122 valence electrons. The van der Waals surface area contributed by atoms with E-state index in [9.17, 15) is 10.1 Å². The molecule has 24 heavy (non-hydrogen) atoms. The molecular weight excluding hydrogens is 358 g/mol. The molecule has 2 aromatic heterocycles. The van der Waals surface area contributed by atoms with E-state index in [4.69, 9.17) is 12.2 Å². The fourth-order valence-corrected chi connectivity index (χ4v) is 4.96. The van der Waals surface area contributed by atoms with Gasteiger partial charge in [0.15, 0.2) is 0 Å². The third kappa shape index (κ3) is 2.71. The van der Waals surface area contributed by atoms with Gasteiger partial charge in [-0.1, -0.05) is 24.0 Å². The molecule has 1 fully saturated rings. The van der Waals surface area contributed by atoms with Crippen molar-refractivity contribution in [3.05, 3.63) is 43.9 Å². The van der Waals surface area contributed by atoms with Gasteiger partial charge in [-0.25, -0.2) is 0 Å². The smallest absolute Gasteiger partial charge is 0.263 e. The molecule has 0 unspecified atom stereocenters. The summed E-state index contributed by atoms with van der Waals surface area (Å²) >= 11 is 7.92. The fraction of sp³-hybridized carbons (Fsp3) is 0.235. The van der Waals surface area contributed by atoms with Gasteiger partial charge < -0.3 is 9.88 Å². The Morgan fingerprint density at radius 3 is 2.62 bits per heavy atom. The number of thioether (sulfide) groups is 1. The summed E-state index contributed by atoms with van der Waals surface area (Å²) in [6, 6.07) is 4.35. The molecule has 0 spiro atoms. The van der Waals surface area contributed by atoms with Crippen LogP contribution >= 0.6 is 35.3 Å². The predicted molar refractivity (Wildman–Crippen MR) is 104 cm³/mol. The number of nitrogens with zero attached hydrogens (tertiary/aromatic N) is 2. The Kier molecular flexibility index (Phi) is 4.38. The number of aryl methyl sites for hydroxylation is 2. The van der Waals surface area contributed by atoms with E-state index in [0.717, 1.165) is 32.4 Å². The van der Waals surface area contributed by atoms with Crippen LogP contribution in [0.15, 0.2) is 11.0 Å². The van der Waals surface area contributed by atoms with Crippen LogP contribution in [0.3, 0.4) is 0 Å². The summed E-state index contributed by atoms with van der Waals surface area (Å²) in [5.41, 5.74) is 4.74. The van der Waals surface area contributed by atoms with Crippen LogP contribution in [-0.4, -0.2) is 14.8 Å². The second kappa shape index (κ2) is 6.20. The Morgan fingerprint density at radius 1 is 1.33 bits per heavy atom. The minimum absolute atomic E-state index is 0.157. The van der Waals surface area contributed by atoms with Crippen LogP contribution in [0.2, 0.25) is 0 Å². The van der Waals surface area contributed by atoms with Crippen molar-refractivity contribution in [2.24, 2.45) is 0 Å². The maximum Gasteiger partial charge on any atom is 0.263 e. The average molecular weight is 374 g/mol. The Hall–Kier alpha value is -1.88. The number of nitrogens with one attached hydrogen (secondary N) is 1. The van der Waals surface area contributed by atoms with Crippen molar-refractivity contribution in [2.45, 2.75) is 27.7 Å². The van der Waals surface area contributed by atoms with Gasteiger partial charge in [-0.2, -0.15) is 5.26 Å². The van der Waals surface area contributed by atoms with Crippen molar-refractivity contribution in [3.8, 4) is 11.1 Å². The van der Waals surface area contributed by atoms with E-state index in [0.29, 0.717) is 14.8 Å². The average Bonchev–Trinajstić information content (AvgIpc) is 3.07. The number of hydrogen-bond donors (Lipinski definition) is 1. The van der Waals surface area contributed by atoms with E-state index in [1.54, 1.807) is 11.3 Å². The van der Waals surface area contributed by atoms with Gasteiger partial charge in [0.1, 0.15) is 15.4 Å². The molecule has 1 aliphatic heterocycles. The summed E-state index contributed by atoms with van der Waals surface area (Å²) in [4.78, 5) is 13.6. The van der Waals surface area contributed by atoms with Gasteiger partial charge in [-0.3, -0.25) is 4.79 Å². The predicted octanol–water partition coefficient (Wildman–Crippen LogP) is 4.13. The molecule has 3 heterocycles. The minimum Gasteiger partial charge on any atom is -0.308 e. The lowest BCUT2D eigenvalue weighted by molar-refractivity contribution is -0.115. The van der Waals surface area contributed by atoms with Gasteiger partial charge >= 0.3 is 0 Å². The highest BCUT2D eigenvalue weighted by Gasteiger charge is 2.24. The molecular formula is C17H15N3OS3. The summed E-state index contributed by atoms with van der Waals surface area (Å²) < 4.78 is 2.57. The number of thiophene rings is 1.